The molecule has 5 nitrogen and oxygen atoms in total. The number of fused-ring (bicyclic) bond motifs is 1. The van der Waals surface area contributed by atoms with Crippen molar-refractivity contribution < 1.29 is 0 Å². The van der Waals surface area contributed by atoms with Crippen molar-refractivity contribution in [2.45, 2.75) is 38.9 Å². The van der Waals surface area contributed by atoms with Crippen molar-refractivity contribution in [1.29, 1.82) is 5.26 Å². The lowest BCUT2D eigenvalue weighted by atomic mass is 10.3. The molecule has 2 aromatic heterocycles. The van der Waals surface area contributed by atoms with Gasteiger partial charge in [-0.1, -0.05) is 0 Å². The van der Waals surface area contributed by atoms with Crippen LogP contribution in [0.5, 0.6) is 0 Å². The van der Waals surface area contributed by atoms with Gasteiger partial charge in [0, 0.05) is 24.4 Å². The zero-order valence-corrected chi connectivity index (χ0v) is 11.6. The third-order valence-electron chi connectivity index (χ3n) is 3.38. The second-order valence-corrected chi connectivity index (χ2v) is 5.88. The van der Waals surface area contributed by atoms with Crippen molar-refractivity contribution in [3.05, 3.63) is 33.5 Å². The molecular formula is C13H15N5S. The summed E-state index contributed by atoms with van der Waals surface area (Å²) in [4.78, 5) is 1.93. The van der Waals surface area contributed by atoms with Crippen molar-refractivity contribution in [1.82, 2.24) is 20.1 Å². The topological polar surface area (TPSA) is 66.5 Å². The molecule has 1 aliphatic heterocycles. The van der Waals surface area contributed by atoms with Crippen LogP contribution in [0.25, 0.3) is 0 Å². The summed E-state index contributed by atoms with van der Waals surface area (Å²) >= 11 is 1.53. The molecule has 0 aliphatic carbocycles. The second kappa shape index (κ2) is 5.11. The van der Waals surface area contributed by atoms with Crippen LogP contribution in [0.4, 0.5) is 0 Å². The molecule has 1 atom stereocenters. The second-order valence-electron chi connectivity index (χ2n) is 4.71. The van der Waals surface area contributed by atoms with Gasteiger partial charge >= 0.3 is 0 Å². The fourth-order valence-electron chi connectivity index (χ4n) is 2.37. The first-order valence-corrected chi connectivity index (χ1v) is 7.24. The third kappa shape index (κ3) is 2.39. The zero-order chi connectivity index (χ0) is 13.2. The molecule has 3 rings (SSSR count). The van der Waals surface area contributed by atoms with E-state index in [1.807, 2.05) is 12.1 Å². The number of hydrogen-bond donors (Lipinski definition) is 1. The summed E-state index contributed by atoms with van der Waals surface area (Å²) in [6.45, 7) is 3.89. The first-order chi connectivity index (χ1) is 9.28. The maximum Gasteiger partial charge on any atom is 0.149 e. The van der Waals surface area contributed by atoms with Crippen LogP contribution in [0.3, 0.4) is 0 Å². The van der Waals surface area contributed by atoms with E-state index < -0.39 is 0 Å². The standard InChI is InChI=1S/C13H15N5S/c1-9(13-17-16-12-3-2-6-18(12)13)15-8-11-5-4-10(7-14)19-11/h4-5,9,15H,2-3,6,8H2,1H3. The molecule has 0 aromatic carbocycles. The fraction of sp³-hybridized carbons (Fsp3) is 0.462. The van der Waals surface area contributed by atoms with Gasteiger partial charge in [-0.2, -0.15) is 5.26 Å². The number of rotatable bonds is 4. The Morgan fingerprint density at radius 2 is 2.42 bits per heavy atom. The highest BCUT2D eigenvalue weighted by molar-refractivity contribution is 7.12. The molecule has 0 spiro atoms. The Labute approximate surface area is 115 Å². The van der Waals surface area contributed by atoms with Gasteiger partial charge in [-0.3, -0.25) is 0 Å². The number of thiophene rings is 1. The summed E-state index contributed by atoms with van der Waals surface area (Å²) in [6.07, 6.45) is 2.21. The Morgan fingerprint density at radius 1 is 1.53 bits per heavy atom. The molecule has 3 heterocycles. The summed E-state index contributed by atoms with van der Waals surface area (Å²) < 4.78 is 2.22. The van der Waals surface area contributed by atoms with Gasteiger partial charge in [0.15, 0.2) is 0 Å². The van der Waals surface area contributed by atoms with Gasteiger partial charge in [0.2, 0.25) is 0 Å². The van der Waals surface area contributed by atoms with E-state index in [9.17, 15) is 0 Å². The quantitative estimate of drug-likeness (QED) is 0.925. The zero-order valence-electron chi connectivity index (χ0n) is 10.8. The largest absolute Gasteiger partial charge is 0.314 e. The SMILES string of the molecule is CC(NCc1ccc(C#N)s1)c1nnc2n1CCC2. The van der Waals surface area contributed by atoms with E-state index in [2.05, 4.69) is 33.1 Å². The highest BCUT2D eigenvalue weighted by atomic mass is 32.1. The van der Waals surface area contributed by atoms with E-state index in [1.54, 1.807) is 0 Å². The minimum absolute atomic E-state index is 0.173. The molecule has 0 amide bonds. The summed E-state index contributed by atoms with van der Waals surface area (Å²) in [5.41, 5.74) is 0. The molecule has 1 N–H and O–H groups in total. The lowest BCUT2D eigenvalue weighted by Gasteiger charge is -2.12. The van der Waals surface area contributed by atoms with Gasteiger partial charge in [-0.25, -0.2) is 0 Å². The summed E-state index contributed by atoms with van der Waals surface area (Å²) in [7, 11) is 0. The van der Waals surface area contributed by atoms with Gasteiger partial charge in [-0.05, 0) is 25.5 Å². The number of hydrogen-bond acceptors (Lipinski definition) is 5. The maximum atomic E-state index is 8.80. The van der Waals surface area contributed by atoms with Gasteiger partial charge in [0.05, 0.1) is 6.04 Å². The van der Waals surface area contributed by atoms with E-state index in [-0.39, 0.29) is 6.04 Å². The number of aryl methyl sites for hydroxylation is 1. The molecule has 1 aliphatic rings. The summed E-state index contributed by atoms with van der Waals surface area (Å²) in [6, 6.07) is 6.19. The molecule has 0 radical (unpaired) electrons. The van der Waals surface area contributed by atoms with Gasteiger partial charge in [-0.15, -0.1) is 21.5 Å². The Kier molecular flexibility index (Phi) is 3.32. The predicted octanol–water partition coefficient (Wildman–Crippen LogP) is 2.01. The van der Waals surface area contributed by atoms with E-state index in [0.717, 1.165) is 36.0 Å². The number of nitrogens with zero attached hydrogens (tertiary/aromatic N) is 4. The average molecular weight is 273 g/mol. The van der Waals surface area contributed by atoms with Crippen molar-refractivity contribution in [2.24, 2.45) is 0 Å². The van der Waals surface area contributed by atoms with Crippen LogP contribution in [0, 0.1) is 11.3 Å². The van der Waals surface area contributed by atoms with Crippen LogP contribution >= 0.6 is 11.3 Å². The summed E-state index contributed by atoms with van der Waals surface area (Å²) in [5, 5.41) is 20.7. The van der Waals surface area contributed by atoms with E-state index in [4.69, 9.17) is 5.26 Å². The number of nitrogens with one attached hydrogen (secondary N) is 1. The lowest BCUT2D eigenvalue weighted by Crippen LogP contribution is -2.21. The molecule has 1 unspecified atom stereocenters. The Bertz CT molecular complexity index is 621. The van der Waals surface area contributed by atoms with Crippen molar-refractivity contribution in [3.63, 3.8) is 0 Å². The molecule has 98 valence electrons. The fourth-order valence-corrected chi connectivity index (χ4v) is 3.13. The molecule has 0 saturated heterocycles. The van der Waals surface area contributed by atoms with Crippen LogP contribution in [0.15, 0.2) is 12.1 Å². The minimum atomic E-state index is 0.173. The third-order valence-corrected chi connectivity index (χ3v) is 4.37. The Balaban J connectivity index is 1.65. The average Bonchev–Trinajstić information content (AvgIpc) is 3.11. The van der Waals surface area contributed by atoms with Crippen LogP contribution in [0.2, 0.25) is 0 Å². The predicted molar refractivity (Wildman–Crippen MR) is 72.6 cm³/mol. The number of aromatic nitrogens is 3. The molecule has 0 saturated carbocycles. The van der Waals surface area contributed by atoms with E-state index in [1.165, 1.54) is 22.6 Å². The van der Waals surface area contributed by atoms with Crippen molar-refractivity contribution in [2.75, 3.05) is 0 Å². The van der Waals surface area contributed by atoms with Gasteiger partial charge < -0.3 is 9.88 Å². The Morgan fingerprint density at radius 3 is 3.21 bits per heavy atom. The highest BCUT2D eigenvalue weighted by Gasteiger charge is 2.20. The van der Waals surface area contributed by atoms with Crippen LogP contribution < -0.4 is 5.32 Å². The monoisotopic (exact) mass is 273 g/mol. The molecule has 2 aromatic rings. The molecular weight excluding hydrogens is 258 g/mol. The maximum absolute atomic E-state index is 8.80. The first-order valence-electron chi connectivity index (χ1n) is 6.42. The molecule has 19 heavy (non-hydrogen) atoms. The van der Waals surface area contributed by atoms with Crippen LogP contribution in [0.1, 0.15) is 40.8 Å². The molecule has 0 fully saturated rings. The minimum Gasteiger partial charge on any atom is -0.314 e. The van der Waals surface area contributed by atoms with Crippen molar-refractivity contribution >= 4 is 11.3 Å². The highest BCUT2D eigenvalue weighted by Crippen LogP contribution is 2.20. The van der Waals surface area contributed by atoms with E-state index in [0.29, 0.717) is 0 Å². The van der Waals surface area contributed by atoms with Gasteiger partial charge in [0.1, 0.15) is 22.6 Å². The lowest BCUT2D eigenvalue weighted by molar-refractivity contribution is 0.518. The normalized spacial score (nSPS) is 15.2. The smallest absolute Gasteiger partial charge is 0.149 e. The van der Waals surface area contributed by atoms with E-state index >= 15 is 0 Å². The summed E-state index contributed by atoms with van der Waals surface area (Å²) in [5.74, 6) is 2.12. The first kappa shape index (κ1) is 12.3. The number of nitriles is 1. The molecule has 6 heteroatoms. The van der Waals surface area contributed by atoms with Crippen molar-refractivity contribution in [3.8, 4) is 6.07 Å². The van der Waals surface area contributed by atoms with Crippen LogP contribution in [-0.2, 0) is 19.5 Å². The molecule has 0 bridgehead atoms. The Hall–Kier alpha value is -1.71. The van der Waals surface area contributed by atoms with Gasteiger partial charge in [0.25, 0.3) is 0 Å². The van der Waals surface area contributed by atoms with Crippen LogP contribution in [-0.4, -0.2) is 14.8 Å².